The van der Waals surface area contributed by atoms with Crippen LogP contribution in [0.2, 0.25) is 0 Å². The third kappa shape index (κ3) is 2.08. The van der Waals surface area contributed by atoms with Crippen molar-refractivity contribution in [1.29, 1.82) is 0 Å². The molecule has 3 aromatic rings. The van der Waals surface area contributed by atoms with Gasteiger partial charge in [-0.2, -0.15) is 0 Å². The molecular weight excluding hydrogens is 302 g/mol. The summed E-state index contributed by atoms with van der Waals surface area (Å²) in [5.74, 6) is 0. The van der Waals surface area contributed by atoms with Gasteiger partial charge in [0.25, 0.3) is 5.56 Å². The highest BCUT2D eigenvalue weighted by Gasteiger charge is 2.31. The zero-order chi connectivity index (χ0) is 16.7. The van der Waals surface area contributed by atoms with Gasteiger partial charge in [0.1, 0.15) is 11.8 Å². The summed E-state index contributed by atoms with van der Waals surface area (Å²) >= 11 is 0. The molecule has 1 aliphatic carbocycles. The predicted molar refractivity (Wildman–Crippen MR) is 93.9 cm³/mol. The molecule has 3 heterocycles. The van der Waals surface area contributed by atoms with Gasteiger partial charge in [-0.1, -0.05) is 36.4 Å². The first kappa shape index (κ1) is 14.8. The van der Waals surface area contributed by atoms with Crippen molar-refractivity contribution >= 4 is 10.9 Å². The predicted octanol–water partition coefficient (Wildman–Crippen LogP) is 3.69. The van der Waals surface area contributed by atoms with Crippen LogP contribution in [-0.2, 0) is 12.5 Å². The zero-order valence-corrected chi connectivity index (χ0v) is 13.7. The molecule has 0 bridgehead atoms. The summed E-state index contributed by atoms with van der Waals surface area (Å²) in [5, 5.41) is 4.72. The molecule has 0 spiro atoms. The molecule has 3 aromatic heterocycles. The maximum Gasteiger partial charge on any atom is 0.274 e. The van der Waals surface area contributed by atoms with Crippen molar-refractivity contribution in [3.05, 3.63) is 64.9 Å². The molecule has 1 aliphatic rings. The lowest BCUT2D eigenvalue weighted by atomic mass is 9.73. The first-order valence-corrected chi connectivity index (χ1v) is 8.11. The van der Waals surface area contributed by atoms with E-state index in [1.165, 1.54) is 5.56 Å². The summed E-state index contributed by atoms with van der Waals surface area (Å²) < 4.78 is 6.59. The number of rotatable bonds is 3. The Hall–Kier alpha value is -2.82. The Morgan fingerprint density at radius 1 is 1.42 bits per heavy atom. The first-order valence-electron chi connectivity index (χ1n) is 8.11. The first-order chi connectivity index (χ1) is 11.6. The van der Waals surface area contributed by atoms with E-state index in [1.807, 2.05) is 12.3 Å². The highest BCUT2D eigenvalue weighted by atomic mass is 16.5. The number of aryl methyl sites for hydroxylation is 1. The van der Waals surface area contributed by atoms with Crippen molar-refractivity contribution in [2.45, 2.75) is 25.2 Å². The molecule has 0 saturated heterocycles. The van der Waals surface area contributed by atoms with E-state index in [-0.39, 0.29) is 11.0 Å². The Morgan fingerprint density at radius 3 is 2.96 bits per heavy atom. The van der Waals surface area contributed by atoms with Crippen molar-refractivity contribution in [3.63, 3.8) is 0 Å². The molecule has 122 valence electrons. The molecular formula is C19H19N3O2. The van der Waals surface area contributed by atoms with Gasteiger partial charge in [-0.3, -0.25) is 4.79 Å². The molecule has 24 heavy (non-hydrogen) atoms. The summed E-state index contributed by atoms with van der Waals surface area (Å²) in [6, 6.07) is 2.03. The average Bonchev–Trinajstić information content (AvgIpc) is 3.28. The Morgan fingerprint density at radius 2 is 2.29 bits per heavy atom. The van der Waals surface area contributed by atoms with Crippen molar-refractivity contribution in [3.8, 4) is 11.3 Å². The highest BCUT2D eigenvalue weighted by Crippen LogP contribution is 2.39. The van der Waals surface area contributed by atoms with Gasteiger partial charge < -0.3 is 14.1 Å². The second-order valence-electron chi connectivity index (χ2n) is 6.34. The second kappa shape index (κ2) is 5.37. The van der Waals surface area contributed by atoms with Crippen LogP contribution in [0.5, 0.6) is 0 Å². The van der Waals surface area contributed by atoms with Crippen molar-refractivity contribution in [1.82, 2.24) is 14.7 Å². The number of allylic oxidation sites excluding steroid dienone is 4. The quantitative estimate of drug-likeness (QED) is 0.800. The molecule has 0 aliphatic heterocycles. The Labute approximate surface area is 139 Å². The number of pyridine rings is 1. The van der Waals surface area contributed by atoms with E-state index in [0.717, 1.165) is 29.5 Å². The van der Waals surface area contributed by atoms with Gasteiger partial charge in [0.15, 0.2) is 0 Å². The maximum absolute atomic E-state index is 12.6. The molecule has 1 atom stereocenters. The zero-order valence-electron chi connectivity index (χ0n) is 13.7. The molecule has 1 unspecified atom stereocenters. The number of nitrogens with one attached hydrogen (secondary N) is 1. The van der Waals surface area contributed by atoms with Gasteiger partial charge in [0, 0.05) is 24.0 Å². The maximum atomic E-state index is 12.6. The number of hydrogen-bond donors (Lipinski definition) is 1. The van der Waals surface area contributed by atoms with Gasteiger partial charge >= 0.3 is 0 Å². The summed E-state index contributed by atoms with van der Waals surface area (Å²) in [6.45, 7) is 2.19. The lowest BCUT2D eigenvalue weighted by Gasteiger charge is -2.31. The van der Waals surface area contributed by atoms with E-state index in [2.05, 4.69) is 41.4 Å². The largest absolute Gasteiger partial charge is 0.364 e. The Bertz CT molecular complexity index is 1010. The number of hydrogen-bond acceptors (Lipinski definition) is 3. The third-order valence-corrected chi connectivity index (χ3v) is 5.02. The van der Waals surface area contributed by atoms with Crippen LogP contribution in [0.15, 0.2) is 58.3 Å². The number of aromatic nitrogens is 3. The number of H-pyrrole nitrogens is 1. The van der Waals surface area contributed by atoms with Crippen LogP contribution in [0.1, 0.15) is 25.3 Å². The fourth-order valence-electron chi connectivity index (χ4n) is 3.54. The van der Waals surface area contributed by atoms with Crippen molar-refractivity contribution in [2.75, 3.05) is 0 Å². The average molecular weight is 321 g/mol. The van der Waals surface area contributed by atoms with Crippen LogP contribution < -0.4 is 5.56 Å². The van der Waals surface area contributed by atoms with Crippen LogP contribution in [0, 0.1) is 0 Å². The molecule has 5 heteroatoms. The molecule has 0 saturated carbocycles. The lowest BCUT2D eigenvalue weighted by Crippen LogP contribution is -2.27. The second-order valence-corrected chi connectivity index (χ2v) is 6.34. The third-order valence-electron chi connectivity index (χ3n) is 5.02. The summed E-state index contributed by atoms with van der Waals surface area (Å²) in [7, 11) is 1.80. The fourth-order valence-corrected chi connectivity index (χ4v) is 3.54. The highest BCUT2D eigenvalue weighted by molar-refractivity contribution is 5.89. The SMILES string of the molecule is CCC1(c2cn(C)c(=O)c3[nH]c(-c4cnoc4)cc23)C=CC=CC1. The fraction of sp³-hybridized carbons (Fsp3) is 0.263. The summed E-state index contributed by atoms with van der Waals surface area (Å²) in [5.41, 5.74) is 3.36. The number of fused-ring (bicyclic) bond motifs is 1. The smallest absolute Gasteiger partial charge is 0.274 e. The molecule has 0 fully saturated rings. The summed E-state index contributed by atoms with van der Waals surface area (Å²) in [4.78, 5) is 15.9. The van der Waals surface area contributed by atoms with E-state index in [0.29, 0.717) is 5.52 Å². The molecule has 0 radical (unpaired) electrons. The molecule has 5 nitrogen and oxygen atoms in total. The van der Waals surface area contributed by atoms with E-state index < -0.39 is 0 Å². The minimum atomic E-state index is -0.0907. The van der Waals surface area contributed by atoms with Crippen LogP contribution in [-0.4, -0.2) is 14.7 Å². The van der Waals surface area contributed by atoms with Crippen LogP contribution in [0.4, 0.5) is 0 Å². The van der Waals surface area contributed by atoms with Gasteiger partial charge in [-0.05, 0) is 24.5 Å². The van der Waals surface area contributed by atoms with Crippen LogP contribution >= 0.6 is 0 Å². The number of aromatic amines is 1. The Balaban J connectivity index is 2.02. The van der Waals surface area contributed by atoms with Gasteiger partial charge in [-0.15, -0.1) is 0 Å². The number of nitrogens with zero attached hydrogens (tertiary/aromatic N) is 2. The molecule has 0 amide bonds. The standard InChI is InChI=1S/C19H19N3O2/c1-3-19(7-5-4-6-8-19)15-11-22(2)18(23)17-14(15)9-16(21-17)13-10-20-24-12-13/h4-7,9-12,21H,3,8H2,1-2H3. The summed E-state index contributed by atoms with van der Waals surface area (Å²) in [6.07, 6.45) is 15.7. The lowest BCUT2D eigenvalue weighted by molar-refractivity contribution is 0.420. The van der Waals surface area contributed by atoms with Gasteiger partial charge in [0.2, 0.25) is 0 Å². The topological polar surface area (TPSA) is 63.8 Å². The Kier molecular flexibility index (Phi) is 3.30. The molecule has 0 aromatic carbocycles. The minimum absolute atomic E-state index is 0.0296. The van der Waals surface area contributed by atoms with E-state index in [9.17, 15) is 4.79 Å². The van der Waals surface area contributed by atoms with E-state index >= 15 is 0 Å². The molecule has 4 rings (SSSR count). The van der Waals surface area contributed by atoms with Gasteiger partial charge in [0.05, 0.1) is 17.5 Å². The monoisotopic (exact) mass is 321 g/mol. The normalized spacial score (nSPS) is 20.1. The van der Waals surface area contributed by atoms with Crippen LogP contribution in [0.3, 0.4) is 0 Å². The molecule has 1 N–H and O–H groups in total. The van der Waals surface area contributed by atoms with Crippen molar-refractivity contribution < 1.29 is 4.52 Å². The van der Waals surface area contributed by atoms with E-state index in [4.69, 9.17) is 4.52 Å². The van der Waals surface area contributed by atoms with Gasteiger partial charge in [-0.25, -0.2) is 0 Å². The van der Waals surface area contributed by atoms with E-state index in [1.54, 1.807) is 24.1 Å². The van der Waals surface area contributed by atoms with Crippen molar-refractivity contribution in [2.24, 2.45) is 7.05 Å². The minimum Gasteiger partial charge on any atom is -0.364 e. The van der Waals surface area contributed by atoms with Crippen LogP contribution in [0.25, 0.3) is 22.2 Å².